The number of aliphatic hydroxyl groups is 1. The van der Waals surface area contributed by atoms with E-state index in [9.17, 15) is 9.90 Å². The van der Waals surface area contributed by atoms with Crippen molar-refractivity contribution in [1.29, 1.82) is 0 Å². The van der Waals surface area contributed by atoms with Crippen LogP contribution in [0.1, 0.15) is 43.2 Å². The molecule has 0 unspecified atom stereocenters. The number of amides is 1. The normalized spacial score (nSPS) is 20.9. The zero-order valence-electron chi connectivity index (χ0n) is 14.2. The third kappa shape index (κ3) is 3.69. The van der Waals surface area contributed by atoms with Crippen molar-refractivity contribution in [2.45, 2.75) is 51.6 Å². The van der Waals surface area contributed by atoms with Gasteiger partial charge in [-0.15, -0.1) is 0 Å². The van der Waals surface area contributed by atoms with Gasteiger partial charge in [0.15, 0.2) is 0 Å². The Morgan fingerprint density at radius 2 is 1.96 bits per heavy atom. The second-order valence-corrected chi connectivity index (χ2v) is 7.21. The lowest BCUT2D eigenvalue weighted by atomic mass is 9.83. The molecule has 4 nitrogen and oxygen atoms in total. The van der Waals surface area contributed by atoms with Crippen LogP contribution in [-0.2, 0) is 4.79 Å². The van der Waals surface area contributed by atoms with Crippen molar-refractivity contribution in [3.05, 3.63) is 29.3 Å². The van der Waals surface area contributed by atoms with E-state index in [-0.39, 0.29) is 11.8 Å². The van der Waals surface area contributed by atoms with Crippen LogP contribution >= 0.6 is 0 Å². The lowest BCUT2D eigenvalue weighted by Crippen LogP contribution is -2.51. The molecule has 0 spiro atoms. The van der Waals surface area contributed by atoms with Crippen LogP contribution in [0, 0.1) is 19.8 Å². The fourth-order valence-electron chi connectivity index (χ4n) is 3.22. The fraction of sp³-hybridized carbons (Fsp3) is 0.632. The van der Waals surface area contributed by atoms with Crippen LogP contribution in [0.4, 0.5) is 0 Å². The van der Waals surface area contributed by atoms with Crippen molar-refractivity contribution in [2.75, 3.05) is 19.7 Å². The third-order valence-corrected chi connectivity index (χ3v) is 5.45. The average Bonchev–Trinajstić information content (AvgIpc) is 2.47. The van der Waals surface area contributed by atoms with E-state index in [0.717, 1.165) is 18.6 Å². The minimum Gasteiger partial charge on any atom is -0.491 e. The van der Waals surface area contributed by atoms with Gasteiger partial charge in [-0.2, -0.15) is 0 Å². The third-order valence-electron chi connectivity index (χ3n) is 5.45. The Morgan fingerprint density at radius 1 is 1.26 bits per heavy atom. The SMILES string of the molecule is Cc1ccc(OCC2(O)CCN(C(=O)C3CCC3)CC2)cc1C. The summed E-state index contributed by atoms with van der Waals surface area (Å²) in [4.78, 5) is 14.2. The second-order valence-electron chi connectivity index (χ2n) is 7.21. The Hall–Kier alpha value is -1.55. The quantitative estimate of drug-likeness (QED) is 0.929. The highest BCUT2D eigenvalue weighted by Gasteiger charge is 2.37. The maximum absolute atomic E-state index is 12.3. The molecule has 4 heteroatoms. The van der Waals surface area contributed by atoms with E-state index in [1.807, 2.05) is 23.1 Å². The Morgan fingerprint density at radius 3 is 2.52 bits per heavy atom. The van der Waals surface area contributed by atoms with Gasteiger partial charge in [0.05, 0.1) is 0 Å². The van der Waals surface area contributed by atoms with Crippen LogP contribution in [0.15, 0.2) is 18.2 Å². The minimum absolute atomic E-state index is 0.243. The molecule has 1 saturated carbocycles. The first kappa shape index (κ1) is 16.3. The lowest BCUT2D eigenvalue weighted by Gasteiger charge is -2.40. The molecule has 1 aromatic rings. The van der Waals surface area contributed by atoms with Crippen molar-refractivity contribution in [2.24, 2.45) is 5.92 Å². The summed E-state index contributed by atoms with van der Waals surface area (Å²) in [6, 6.07) is 5.99. The largest absolute Gasteiger partial charge is 0.491 e. The van der Waals surface area contributed by atoms with Gasteiger partial charge in [-0.25, -0.2) is 0 Å². The molecular weight excluding hydrogens is 290 g/mol. The lowest BCUT2D eigenvalue weighted by molar-refractivity contribution is -0.143. The molecule has 1 saturated heterocycles. The molecule has 1 amide bonds. The van der Waals surface area contributed by atoms with Crippen molar-refractivity contribution in [3.63, 3.8) is 0 Å². The highest BCUT2D eigenvalue weighted by atomic mass is 16.5. The molecule has 1 aliphatic carbocycles. The molecule has 1 aromatic carbocycles. The summed E-state index contributed by atoms with van der Waals surface area (Å²) >= 11 is 0. The monoisotopic (exact) mass is 317 g/mol. The molecule has 0 bridgehead atoms. The number of carbonyl (C=O) groups is 1. The predicted molar refractivity (Wildman–Crippen MR) is 89.5 cm³/mol. The molecule has 2 aliphatic rings. The number of likely N-dealkylation sites (tertiary alicyclic amines) is 1. The highest BCUT2D eigenvalue weighted by Crippen LogP contribution is 2.31. The number of hydrogen-bond donors (Lipinski definition) is 1. The van der Waals surface area contributed by atoms with E-state index in [1.54, 1.807) is 0 Å². The summed E-state index contributed by atoms with van der Waals surface area (Å²) in [5.41, 5.74) is 1.60. The molecule has 1 heterocycles. The Labute approximate surface area is 138 Å². The second kappa shape index (κ2) is 6.52. The van der Waals surface area contributed by atoms with Gasteiger partial charge in [0.1, 0.15) is 18.0 Å². The highest BCUT2D eigenvalue weighted by molar-refractivity contribution is 5.79. The zero-order chi connectivity index (χ0) is 16.4. The maximum Gasteiger partial charge on any atom is 0.225 e. The zero-order valence-corrected chi connectivity index (χ0v) is 14.2. The first-order valence-electron chi connectivity index (χ1n) is 8.68. The fourth-order valence-corrected chi connectivity index (χ4v) is 3.22. The summed E-state index contributed by atoms with van der Waals surface area (Å²) in [6.45, 7) is 5.70. The van der Waals surface area contributed by atoms with E-state index < -0.39 is 5.60 Å². The van der Waals surface area contributed by atoms with Crippen LogP contribution in [0.5, 0.6) is 5.75 Å². The van der Waals surface area contributed by atoms with E-state index in [1.165, 1.54) is 17.5 Å². The number of benzene rings is 1. The van der Waals surface area contributed by atoms with Crippen molar-refractivity contribution < 1.29 is 14.6 Å². The number of aryl methyl sites for hydroxylation is 2. The average molecular weight is 317 g/mol. The molecule has 0 aromatic heterocycles. The molecular formula is C19H27NO3. The van der Waals surface area contributed by atoms with E-state index in [0.29, 0.717) is 32.5 Å². The Kier molecular flexibility index (Phi) is 4.62. The molecule has 2 fully saturated rings. The van der Waals surface area contributed by atoms with Gasteiger partial charge in [0.2, 0.25) is 5.91 Å². The van der Waals surface area contributed by atoms with Crippen molar-refractivity contribution in [1.82, 2.24) is 4.90 Å². The summed E-state index contributed by atoms with van der Waals surface area (Å²) in [6.07, 6.45) is 4.44. The molecule has 1 N–H and O–H groups in total. The van der Waals surface area contributed by atoms with Gasteiger partial charge in [-0.05, 0) is 62.8 Å². The molecule has 3 rings (SSSR count). The van der Waals surface area contributed by atoms with Crippen molar-refractivity contribution in [3.8, 4) is 5.75 Å². The van der Waals surface area contributed by atoms with Crippen LogP contribution in [0.25, 0.3) is 0 Å². The first-order valence-corrected chi connectivity index (χ1v) is 8.68. The van der Waals surface area contributed by atoms with Gasteiger partial charge in [-0.3, -0.25) is 4.79 Å². The predicted octanol–water partition coefficient (Wildman–Crippen LogP) is 2.84. The number of hydrogen-bond acceptors (Lipinski definition) is 3. The number of ether oxygens (including phenoxy) is 1. The molecule has 0 radical (unpaired) electrons. The summed E-state index contributed by atoms with van der Waals surface area (Å²) < 4.78 is 5.81. The van der Waals surface area contributed by atoms with Gasteiger partial charge >= 0.3 is 0 Å². The minimum atomic E-state index is -0.824. The van der Waals surface area contributed by atoms with Gasteiger partial charge < -0.3 is 14.7 Å². The topological polar surface area (TPSA) is 49.8 Å². The van der Waals surface area contributed by atoms with Crippen LogP contribution in [-0.4, -0.2) is 41.2 Å². The van der Waals surface area contributed by atoms with Crippen LogP contribution in [0.3, 0.4) is 0 Å². The van der Waals surface area contributed by atoms with Gasteiger partial charge in [-0.1, -0.05) is 12.5 Å². The Balaban J connectivity index is 1.50. The number of rotatable bonds is 4. The number of carbonyl (C=O) groups excluding carboxylic acids is 1. The Bertz CT molecular complexity index is 572. The van der Waals surface area contributed by atoms with Crippen LogP contribution < -0.4 is 4.74 Å². The first-order chi connectivity index (χ1) is 11.0. The molecule has 23 heavy (non-hydrogen) atoms. The van der Waals surface area contributed by atoms with Crippen LogP contribution in [0.2, 0.25) is 0 Å². The van der Waals surface area contributed by atoms with E-state index in [4.69, 9.17) is 4.74 Å². The van der Waals surface area contributed by atoms with E-state index >= 15 is 0 Å². The summed E-state index contributed by atoms with van der Waals surface area (Å²) in [7, 11) is 0. The number of nitrogens with zero attached hydrogens (tertiary/aromatic N) is 1. The number of piperidine rings is 1. The van der Waals surface area contributed by atoms with Gasteiger partial charge in [0, 0.05) is 19.0 Å². The smallest absolute Gasteiger partial charge is 0.225 e. The summed E-state index contributed by atoms with van der Waals surface area (Å²) in [5, 5.41) is 10.7. The molecule has 1 aliphatic heterocycles. The molecule has 0 atom stereocenters. The van der Waals surface area contributed by atoms with Gasteiger partial charge in [0.25, 0.3) is 0 Å². The summed E-state index contributed by atoms with van der Waals surface area (Å²) in [5.74, 6) is 1.33. The van der Waals surface area contributed by atoms with E-state index in [2.05, 4.69) is 13.8 Å². The molecule has 126 valence electrons. The maximum atomic E-state index is 12.3. The van der Waals surface area contributed by atoms with Crippen molar-refractivity contribution >= 4 is 5.91 Å². The standard InChI is InChI=1S/C19H27NO3/c1-14-6-7-17(12-15(14)2)23-13-19(22)8-10-20(11-9-19)18(21)16-4-3-5-16/h6-7,12,16,22H,3-5,8-11,13H2,1-2H3.